The number of benzene rings is 1. The zero-order valence-corrected chi connectivity index (χ0v) is 8.18. The molecule has 72 valence electrons. The van der Waals surface area contributed by atoms with E-state index in [-0.39, 0.29) is 5.56 Å². The topological polar surface area (TPSA) is 63.2 Å². The highest BCUT2D eigenvalue weighted by Gasteiger charge is 2.29. The van der Waals surface area contributed by atoms with E-state index in [9.17, 15) is 13.8 Å². The predicted octanol–water partition coefficient (Wildman–Crippen LogP) is 0.308. The van der Waals surface area contributed by atoms with Crippen LogP contribution in [0.4, 0.5) is 0 Å². The third-order valence-electron chi connectivity index (χ3n) is 2.03. The first kappa shape index (κ1) is 9.08. The first-order valence-electron chi connectivity index (χ1n) is 3.93. The summed E-state index contributed by atoms with van der Waals surface area (Å²) in [5, 5.41) is 2.17. The molecule has 0 aromatic heterocycles. The van der Waals surface area contributed by atoms with Gasteiger partial charge in [-0.25, -0.2) is 0 Å². The van der Waals surface area contributed by atoms with Gasteiger partial charge in [0, 0.05) is 6.26 Å². The van der Waals surface area contributed by atoms with Crippen molar-refractivity contribution in [3.63, 3.8) is 0 Å². The van der Waals surface area contributed by atoms with E-state index in [1.54, 1.807) is 18.2 Å². The SMILES string of the molecule is CS(=O)c1cccc2c1C(=O)NC2=O. The normalized spacial score (nSPS) is 16.4. The molecule has 1 aromatic rings. The fourth-order valence-electron chi connectivity index (χ4n) is 1.43. The molecule has 1 heterocycles. The van der Waals surface area contributed by atoms with Gasteiger partial charge in [0.1, 0.15) is 0 Å². The molecule has 1 atom stereocenters. The van der Waals surface area contributed by atoms with E-state index in [0.29, 0.717) is 10.5 Å². The first-order chi connectivity index (χ1) is 6.61. The minimum atomic E-state index is -1.26. The highest BCUT2D eigenvalue weighted by molar-refractivity contribution is 7.84. The van der Waals surface area contributed by atoms with Gasteiger partial charge >= 0.3 is 0 Å². The minimum absolute atomic E-state index is 0.248. The summed E-state index contributed by atoms with van der Waals surface area (Å²) in [6.07, 6.45) is 1.48. The average molecular weight is 209 g/mol. The minimum Gasteiger partial charge on any atom is -0.288 e. The second-order valence-corrected chi connectivity index (χ2v) is 4.26. The van der Waals surface area contributed by atoms with Crippen LogP contribution in [-0.4, -0.2) is 22.3 Å². The second kappa shape index (κ2) is 3.02. The second-order valence-electron chi connectivity index (χ2n) is 2.92. The smallest absolute Gasteiger partial charge is 0.260 e. The van der Waals surface area contributed by atoms with Crippen molar-refractivity contribution >= 4 is 22.6 Å². The molecule has 1 aliphatic heterocycles. The molecule has 1 unspecified atom stereocenters. The lowest BCUT2D eigenvalue weighted by Crippen LogP contribution is -2.20. The van der Waals surface area contributed by atoms with Crippen LogP contribution in [0.2, 0.25) is 0 Å². The largest absolute Gasteiger partial charge is 0.288 e. The number of carbonyl (C=O) groups excluding carboxylic acids is 2. The van der Waals surface area contributed by atoms with Crippen LogP contribution in [-0.2, 0) is 10.8 Å². The number of imide groups is 1. The fourth-order valence-corrected chi connectivity index (χ4v) is 2.19. The maximum atomic E-state index is 11.3. The summed E-state index contributed by atoms with van der Waals surface area (Å²) in [5.41, 5.74) is 0.557. The molecule has 14 heavy (non-hydrogen) atoms. The Morgan fingerprint density at radius 2 is 1.93 bits per heavy atom. The van der Waals surface area contributed by atoms with Crippen molar-refractivity contribution in [2.75, 3.05) is 6.26 Å². The van der Waals surface area contributed by atoms with Gasteiger partial charge in [0.2, 0.25) is 0 Å². The molecule has 1 aromatic carbocycles. The van der Waals surface area contributed by atoms with Crippen molar-refractivity contribution in [2.24, 2.45) is 0 Å². The molecular weight excluding hydrogens is 202 g/mol. The molecule has 0 bridgehead atoms. The van der Waals surface area contributed by atoms with Gasteiger partial charge in [-0.3, -0.25) is 19.1 Å². The summed E-state index contributed by atoms with van der Waals surface area (Å²) in [5.74, 6) is -0.881. The van der Waals surface area contributed by atoms with Gasteiger partial charge in [-0.15, -0.1) is 0 Å². The maximum absolute atomic E-state index is 11.3. The lowest BCUT2D eigenvalue weighted by atomic mass is 10.1. The van der Waals surface area contributed by atoms with Crippen molar-refractivity contribution < 1.29 is 13.8 Å². The predicted molar refractivity (Wildman–Crippen MR) is 50.6 cm³/mol. The van der Waals surface area contributed by atoms with Crippen molar-refractivity contribution in [3.8, 4) is 0 Å². The number of rotatable bonds is 1. The Hall–Kier alpha value is -1.49. The third kappa shape index (κ3) is 1.17. The van der Waals surface area contributed by atoms with E-state index in [2.05, 4.69) is 5.32 Å². The molecule has 0 saturated carbocycles. The highest BCUT2D eigenvalue weighted by Crippen LogP contribution is 2.21. The van der Waals surface area contributed by atoms with Crippen LogP contribution in [0.15, 0.2) is 23.1 Å². The van der Waals surface area contributed by atoms with E-state index in [1.165, 1.54) is 6.26 Å². The standard InChI is InChI=1S/C9H7NO3S/c1-14(13)6-4-2-3-5-7(6)9(12)10-8(5)11/h2-4H,1H3,(H,10,11,12). The Balaban J connectivity index is 2.74. The van der Waals surface area contributed by atoms with Gasteiger partial charge in [0.15, 0.2) is 0 Å². The molecule has 0 aliphatic carbocycles. The molecule has 0 saturated heterocycles. The van der Waals surface area contributed by atoms with Crippen molar-refractivity contribution in [1.29, 1.82) is 0 Å². The number of nitrogens with one attached hydrogen (secondary N) is 1. The van der Waals surface area contributed by atoms with Gasteiger partial charge < -0.3 is 0 Å². The van der Waals surface area contributed by atoms with Crippen LogP contribution in [0.5, 0.6) is 0 Å². The number of hydrogen-bond donors (Lipinski definition) is 1. The molecule has 2 amide bonds. The molecular formula is C9H7NO3S. The Morgan fingerprint density at radius 1 is 1.21 bits per heavy atom. The molecule has 5 heteroatoms. The van der Waals surface area contributed by atoms with E-state index in [0.717, 1.165) is 0 Å². The summed E-state index contributed by atoms with van der Waals surface area (Å²) in [4.78, 5) is 23.0. The lowest BCUT2D eigenvalue weighted by molar-refractivity contribution is 0.0878. The van der Waals surface area contributed by atoms with Crippen LogP contribution in [0.25, 0.3) is 0 Å². The quantitative estimate of drug-likeness (QED) is 0.677. The van der Waals surface area contributed by atoms with E-state index in [4.69, 9.17) is 0 Å². The Morgan fingerprint density at radius 3 is 2.57 bits per heavy atom. The number of carbonyl (C=O) groups is 2. The maximum Gasteiger partial charge on any atom is 0.260 e. The van der Waals surface area contributed by atoms with Crippen molar-refractivity contribution in [1.82, 2.24) is 5.32 Å². The molecule has 1 N–H and O–H groups in total. The Bertz CT molecular complexity index is 467. The monoisotopic (exact) mass is 209 g/mol. The highest BCUT2D eigenvalue weighted by atomic mass is 32.2. The molecule has 0 spiro atoms. The summed E-state index contributed by atoms with van der Waals surface area (Å²) < 4.78 is 11.3. The van der Waals surface area contributed by atoms with Crippen LogP contribution in [0.1, 0.15) is 20.7 Å². The molecule has 0 radical (unpaired) electrons. The van der Waals surface area contributed by atoms with Crippen molar-refractivity contribution in [2.45, 2.75) is 4.90 Å². The van der Waals surface area contributed by atoms with Gasteiger partial charge in [0.25, 0.3) is 11.8 Å². The number of fused-ring (bicyclic) bond motifs is 1. The summed E-state index contributed by atoms with van der Waals surface area (Å²) in [6.45, 7) is 0. The third-order valence-corrected chi connectivity index (χ3v) is 2.99. The lowest BCUT2D eigenvalue weighted by Gasteiger charge is -2.00. The molecule has 1 aliphatic rings. The number of hydrogen-bond acceptors (Lipinski definition) is 3. The summed E-state index contributed by atoms with van der Waals surface area (Å²) in [7, 11) is -1.26. The Labute approximate surface area is 82.8 Å². The molecule has 2 rings (SSSR count). The molecule has 4 nitrogen and oxygen atoms in total. The van der Waals surface area contributed by atoms with Gasteiger partial charge in [-0.05, 0) is 12.1 Å². The summed E-state index contributed by atoms with van der Waals surface area (Å²) in [6, 6.07) is 4.76. The van der Waals surface area contributed by atoms with E-state index < -0.39 is 22.6 Å². The van der Waals surface area contributed by atoms with Crippen LogP contribution < -0.4 is 5.32 Å². The van der Waals surface area contributed by atoms with E-state index in [1.807, 2.05) is 0 Å². The van der Waals surface area contributed by atoms with Crippen LogP contribution in [0.3, 0.4) is 0 Å². The first-order valence-corrected chi connectivity index (χ1v) is 5.49. The van der Waals surface area contributed by atoms with Gasteiger partial charge in [-0.2, -0.15) is 0 Å². The average Bonchev–Trinajstić information content (AvgIpc) is 2.43. The van der Waals surface area contributed by atoms with Gasteiger partial charge in [-0.1, -0.05) is 6.07 Å². The van der Waals surface area contributed by atoms with Crippen molar-refractivity contribution in [3.05, 3.63) is 29.3 Å². The Kier molecular flexibility index (Phi) is 1.96. The summed E-state index contributed by atoms with van der Waals surface area (Å²) >= 11 is 0. The number of amides is 2. The zero-order chi connectivity index (χ0) is 10.3. The van der Waals surface area contributed by atoms with Crippen LogP contribution >= 0.6 is 0 Å². The van der Waals surface area contributed by atoms with Gasteiger partial charge in [0.05, 0.1) is 26.8 Å². The van der Waals surface area contributed by atoms with Crippen LogP contribution in [0, 0.1) is 0 Å². The van der Waals surface area contributed by atoms with E-state index >= 15 is 0 Å². The zero-order valence-electron chi connectivity index (χ0n) is 7.37. The molecule has 0 fully saturated rings. The fraction of sp³-hybridized carbons (Fsp3) is 0.111.